The summed E-state index contributed by atoms with van der Waals surface area (Å²) in [6.45, 7) is 50.7. The van der Waals surface area contributed by atoms with Gasteiger partial charge in [0, 0.05) is 5.92 Å². The minimum absolute atomic E-state index is 0.174. The van der Waals surface area contributed by atoms with Crippen LogP contribution in [-0.2, 0) is 27.3 Å². The van der Waals surface area contributed by atoms with Crippen molar-refractivity contribution in [2.24, 2.45) is 5.92 Å². The summed E-state index contributed by atoms with van der Waals surface area (Å²) in [5.41, 5.74) is 11.0. The van der Waals surface area contributed by atoms with Crippen LogP contribution in [0.2, 0.25) is 0 Å². The molecule has 0 heterocycles. The summed E-state index contributed by atoms with van der Waals surface area (Å²) >= 11 is 0. The molecule has 0 fully saturated rings. The van der Waals surface area contributed by atoms with Crippen molar-refractivity contribution in [3.05, 3.63) is 142 Å². The number of fused-ring (bicyclic) bond motifs is 2. The first-order valence-electron chi connectivity index (χ1n) is 24.5. The zero-order chi connectivity index (χ0) is 48.9. The van der Waals surface area contributed by atoms with E-state index in [4.69, 9.17) is 0 Å². The number of aryl methyl sites for hydroxylation is 2. The van der Waals surface area contributed by atoms with E-state index < -0.39 is 11.2 Å². The van der Waals surface area contributed by atoms with Crippen molar-refractivity contribution in [3.8, 4) is 0 Å². The van der Waals surface area contributed by atoms with E-state index in [0.29, 0.717) is 21.7 Å². The highest BCUT2D eigenvalue weighted by Crippen LogP contribution is 2.46. The Bertz CT molecular complexity index is 1620. The zero-order valence-electron chi connectivity index (χ0n) is 45.1. The Kier molecular flexibility index (Phi) is 26.7. The average Bonchev–Trinajstić information content (AvgIpc) is 3.25. The van der Waals surface area contributed by atoms with E-state index in [0.717, 1.165) is 5.56 Å². The fraction of sp³-hybridized carbons (Fsp3) is 0.600. The van der Waals surface area contributed by atoms with Gasteiger partial charge in [-0.2, -0.15) is 0 Å². The Balaban J connectivity index is 0. The van der Waals surface area contributed by atoms with Crippen LogP contribution in [0.1, 0.15) is 228 Å². The number of rotatable bonds is 4. The van der Waals surface area contributed by atoms with Crippen molar-refractivity contribution in [3.63, 3.8) is 0 Å². The van der Waals surface area contributed by atoms with Gasteiger partial charge in [0.15, 0.2) is 0 Å². The molecule has 0 radical (unpaired) electrons. The number of hydrogen-bond donors (Lipinski definition) is 2. The van der Waals surface area contributed by atoms with Crippen LogP contribution in [0.15, 0.2) is 97.1 Å². The smallest absolute Gasteiger partial charge is 0.0891 e. The summed E-state index contributed by atoms with van der Waals surface area (Å²) < 4.78 is 0. The predicted octanol–water partition coefficient (Wildman–Crippen LogP) is 17.9. The highest BCUT2D eigenvalue weighted by atomic mass is 16.3. The van der Waals surface area contributed by atoms with E-state index in [1.165, 1.54) is 42.4 Å². The maximum atomic E-state index is 10.2. The minimum atomic E-state index is -0.715. The molecule has 0 saturated carbocycles. The Morgan fingerprint density at radius 1 is 0.419 bits per heavy atom. The normalized spacial score (nSPS) is 17.0. The third-order valence-electron chi connectivity index (χ3n) is 12.9. The van der Waals surface area contributed by atoms with Crippen molar-refractivity contribution >= 4 is 0 Å². The molecular weight excluding hydrogens is 753 g/mol. The van der Waals surface area contributed by atoms with Crippen LogP contribution in [0, 0.1) is 19.8 Å². The Morgan fingerprint density at radius 3 is 0.887 bits per heavy atom. The first kappa shape index (κ1) is 60.9. The summed E-state index contributed by atoms with van der Waals surface area (Å²) in [6, 6.07) is 34.3. The maximum Gasteiger partial charge on any atom is 0.0891 e. The maximum absolute atomic E-state index is 10.2. The lowest BCUT2D eigenvalue weighted by molar-refractivity contribution is 0.00904. The van der Waals surface area contributed by atoms with E-state index in [2.05, 4.69) is 135 Å². The molecular formula is C60H100O2. The number of hydrogen-bond acceptors (Lipinski definition) is 2. The third kappa shape index (κ3) is 18.1. The summed E-state index contributed by atoms with van der Waals surface area (Å²) in [5, 5.41) is 20.0. The lowest BCUT2D eigenvalue weighted by Gasteiger charge is -2.41. The molecule has 2 aliphatic carbocycles. The van der Waals surface area contributed by atoms with Gasteiger partial charge in [0.1, 0.15) is 0 Å². The van der Waals surface area contributed by atoms with Gasteiger partial charge >= 0.3 is 0 Å². The van der Waals surface area contributed by atoms with Crippen LogP contribution in [0.3, 0.4) is 0 Å². The molecule has 2 N–H and O–H groups in total. The molecule has 2 nitrogen and oxygen atoms in total. The van der Waals surface area contributed by atoms with Crippen molar-refractivity contribution in [2.45, 2.75) is 231 Å². The van der Waals surface area contributed by atoms with Gasteiger partial charge in [-0.25, -0.2) is 0 Å². The van der Waals surface area contributed by atoms with Crippen LogP contribution < -0.4 is 0 Å². The molecule has 2 unspecified atom stereocenters. The molecule has 2 heteroatoms. The second-order valence-corrected chi connectivity index (χ2v) is 20.1. The summed E-state index contributed by atoms with van der Waals surface area (Å²) in [6.07, 6.45) is 5.21. The van der Waals surface area contributed by atoms with Gasteiger partial charge in [-0.1, -0.05) is 240 Å². The highest BCUT2D eigenvalue weighted by molar-refractivity contribution is 5.42. The van der Waals surface area contributed by atoms with Gasteiger partial charge in [-0.15, -0.1) is 0 Å². The number of aliphatic hydroxyl groups is 2. The van der Waals surface area contributed by atoms with Crippen molar-refractivity contribution < 1.29 is 10.2 Å². The topological polar surface area (TPSA) is 40.5 Å². The molecule has 0 aromatic heterocycles. The van der Waals surface area contributed by atoms with E-state index in [1.807, 2.05) is 128 Å². The molecule has 0 aliphatic heterocycles. The molecule has 4 aromatic carbocycles. The van der Waals surface area contributed by atoms with Crippen LogP contribution >= 0.6 is 0 Å². The number of benzene rings is 4. The van der Waals surface area contributed by atoms with Crippen molar-refractivity contribution in [2.75, 3.05) is 0 Å². The molecule has 352 valence electrons. The van der Waals surface area contributed by atoms with Crippen molar-refractivity contribution in [1.82, 2.24) is 0 Å². The summed E-state index contributed by atoms with van der Waals surface area (Å²) in [7, 11) is 0. The quantitative estimate of drug-likeness (QED) is 0.215. The Labute approximate surface area is 386 Å². The van der Waals surface area contributed by atoms with Crippen molar-refractivity contribution in [1.29, 1.82) is 0 Å². The van der Waals surface area contributed by atoms with Crippen LogP contribution in [-0.4, -0.2) is 15.8 Å². The molecule has 0 amide bonds. The van der Waals surface area contributed by atoms with E-state index in [9.17, 15) is 10.2 Å². The SMILES string of the molecule is CC.CC.CC.CC.CC1(C)CCC(C)(C)c2ccccc21.CC1(C)CCC(C)(C)c2ccccc21.Cc1ccc(C(C)(O)C(C)C)cc1.Cc1ccc(C(C)C(C)(C)O)cc1. The fourth-order valence-electron chi connectivity index (χ4n) is 7.60. The predicted molar refractivity (Wildman–Crippen MR) is 280 cm³/mol. The highest BCUT2D eigenvalue weighted by Gasteiger charge is 2.37. The minimum Gasteiger partial charge on any atom is -0.390 e. The molecule has 4 aromatic rings. The molecule has 0 bridgehead atoms. The van der Waals surface area contributed by atoms with Gasteiger partial charge in [-0.3, -0.25) is 0 Å². The molecule has 2 atom stereocenters. The second kappa shape index (κ2) is 27.2. The largest absolute Gasteiger partial charge is 0.390 e. The lowest BCUT2D eigenvalue weighted by Crippen LogP contribution is -2.33. The van der Waals surface area contributed by atoms with Crippen LogP contribution in [0.4, 0.5) is 0 Å². The van der Waals surface area contributed by atoms with E-state index >= 15 is 0 Å². The lowest BCUT2D eigenvalue weighted by atomic mass is 9.63. The van der Waals surface area contributed by atoms with E-state index in [1.54, 1.807) is 22.3 Å². The van der Waals surface area contributed by atoms with Gasteiger partial charge in [-0.05, 0) is 121 Å². The van der Waals surface area contributed by atoms with Crippen LogP contribution in [0.5, 0.6) is 0 Å². The first-order chi connectivity index (χ1) is 28.7. The van der Waals surface area contributed by atoms with Gasteiger partial charge in [0.2, 0.25) is 0 Å². The molecule has 0 spiro atoms. The average molecular weight is 853 g/mol. The Morgan fingerprint density at radius 2 is 0.661 bits per heavy atom. The molecule has 62 heavy (non-hydrogen) atoms. The van der Waals surface area contributed by atoms with Gasteiger partial charge < -0.3 is 10.2 Å². The van der Waals surface area contributed by atoms with E-state index in [-0.39, 0.29) is 11.8 Å². The summed E-state index contributed by atoms with van der Waals surface area (Å²) in [4.78, 5) is 0. The first-order valence-corrected chi connectivity index (χ1v) is 24.5. The van der Waals surface area contributed by atoms with Crippen LogP contribution in [0.25, 0.3) is 0 Å². The second-order valence-electron chi connectivity index (χ2n) is 20.1. The Hall–Kier alpha value is -3.20. The monoisotopic (exact) mass is 853 g/mol. The summed E-state index contributed by atoms with van der Waals surface area (Å²) in [5.74, 6) is 0.406. The molecule has 6 rings (SSSR count). The third-order valence-corrected chi connectivity index (χ3v) is 12.9. The standard InChI is InChI=1S/2C14H20.2C12H18O.4C2H6/c2*1-13(2)9-10-14(3,4)12-8-6-5-7-11(12)13;1-9-5-7-11(8-6-9)10(2)12(3,4)13;1-9(2)12(4,13)11-7-5-10(3)6-8-11;4*1-2/h2*5-8H,9-10H2,1-4H3;5-8,10,13H,1-4H3;5-9,13H,1-4H3;4*1-2H3. The van der Waals surface area contributed by atoms with Gasteiger partial charge in [0.05, 0.1) is 11.2 Å². The zero-order valence-corrected chi connectivity index (χ0v) is 45.1. The fourth-order valence-corrected chi connectivity index (χ4v) is 7.60. The molecule has 2 aliphatic rings. The van der Waals surface area contributed by atoms with Gasteiger partial charge in [0.25, 0.3) is 0 Å². The molecule has 0 saturated heterocycles.